The summed E-state index contributed by atoms with van der Waals surface area (Å²) in [4.78, 5) is 12.3. The minimum Gasteiger partial charge on any atom is -0.398 e. The Morgan fingerprint density at radius 2 is 2.28 bits per heavy atom. The summed E-state index contributed by atoms with van der Waals surface area (Å²) in [6, 6.07) is 5.41. The number of nitrogen functional groups attached to an aromatic ring is 1. The zero-order valence-electron chi connectivity index (χ0n) is 11.0. The number of hydrogen-bond acceptors (Lipinski definition) is 3. The van der Waals surface area contributed by atoms with E-state index in [0.29, 0.717) is 17.9 Å². The molecule has 1 aromatic carbocycles. The molecule has 4 nitrogen and oxygen atoms in total. The molecular weight excluding hydrogens is 228 g/mol. The Labute approximate surface area is 108 Å². The van der Waals surface area contributed by atoms with Crippen molar-refractivity contribution in [1.82, 2.24) is 5.32 Å². The van der Waals surface area contributed by atoms with Crippen LogP contribution in [0, 0.1) is 6.92 Å². The van der Waals surface area contributed by atoms with Gasteiger partial charge in [0.05, 0.1) is 12.1 Å². The van der Waals surface area contributed by atoms with Gasteiger partial charge in [-0.15, -0.1) is 0 Å². The first-order valence-corrected chi connectivity index (χ1v) is 6.27. The van der Waals surface area contributed by atoms with Crippen LogP contribution in [0.5, 0.6) is 0 Å². The summed E-state index contributed by atoms with van der Waals surface area (Å²) in [5, 5.41) is 3.06. The van der Waals surface area contributed by atoms with Gasteiger partial charge < -0.3 is 15.8 Å². The number of amides is 1. The second-order valence-electron chi connectivity index (χ2n) is 5.19. The van der Waals surface area contributed by atoms with Crippen molar-refractivity contribution in [3.05, 3.63) is 29.3 Å². The monoisotopic (exact) mass is 248 g/mol. The van der Waals surface area contributed by atoms with Crippen LogP contribution in [0.1, 0.15) is 35.7 Å². The molecule has 18 heavy (non-hydrogen) atoms. The highest BCUT2D eigenvalue weighted by Crippen LogP contribution is 2.21. The van der Waals surface area contributed by atoms with Gasteiger partial charge in [-0.1, -0.05) is 6.07 Å². The van der Waals surface area contributed by atoms with E-state index in [1.165, 1.54) is 0 Å². The van der Waals surface area contributed by atoms with Gasteiger partial charge in [0.25, 0.3) is 5.91 Å². The first-order valence-electron chi connectivity index (χ1n) is 6.27. The van der Waals surface area contributed by atoms with Gasteiger partial charge in [0.1, 0.15) is 0 Å². The smallest absolute Gasteiger partial charge is 0.252 e. The van der Waals surface area contributed by atoms with Crippen molar-refractivity contribution in [3.63, 3.8) is 0 Å². The van der Waals surface area contributed by atoms with Crippen LogP contribution in [0.2, 0.25) is 0 Å². The molecule has 1 saturated heterocycles. The lowest BCUT2D eigenvalue weighted by molar-refractivity contribution is 0.0272. The first-order chi connectivity index (χ1) is 8.52. The average Bonchev–Trinajstić information content (AvgIpc) is 2.33. The predicted molar refractivity (Wildman–Crippen MR) is 71.5 cm³/mol. The number of nitrogens with two attached hydrogens (primary N) is 1. The van der Waals surface area contributed by atoms with Gasteiger partial charge >= 0.3 is 0 Å². The molecule has 1 atom stereocenters. The van der Waals surface area contributed by atoms with Crippen LogP contribution in [0.4, 0.5) is 5.69 Å². The number of nitrogens with one attached hydrogen (secondary N) is 1. The summed E-state index contributed by atoms with van der Waals surface area (Å²) in [5.41, 5.74) is 7.66. The minimum atomic E-state index is -0.271. The summed E-state index contributed by atoms with van der Waals surface area (Å²) in [5.74, 6) is -0.0761. The summed E-state index contributed by atoms with van der Waals surface area (Å²) in [6.07, 6.45) is 1.92. The highest BCUT2D eigenvalue weighted by atomic mass is 16.5. The molecule has 1 aromatic rings. The molecule has 1 aliphatic heterocycles. The van der Waals surface area contributed by atoms with Crippen LogP contribution in [-0.2, 0) is 4.74 Å². The lowest BCUT2D eigenvalue weighted by Gasteiger charge is -2.34. The second-order valence-corrected chi connectivity index (χ2v) is 5.19. The maximum atomic E-state index is 12.3. The van der Waals surface area contributed by atoms with Gasteiger partial charge in [0.2, 0.25) is 0 Å². The van der Waals surface area contributed by atoms with Crippen molar-refractivity contribution in [2.24, 2.45) is 0 Å². The fourth-order valence-corrected chi connectivity index (χ4v) is 2.27. The summed E-state index contributed by atoms with van der Waals surface area (Å²) < 4.78 is 5.44. The van der Waals surface area contributed by atoms with Crippen LogP contribution in [0.3, 0.4) is 0 Å². The normalized spacial score (nSPS) is 23.7. The molecule has 1 unspecified atom stereocenters. The molecule has 4 heteroatoms. The summed E-state index contributed by atoms with van der Waals surface area (Å²) in [7, 11) is 0. The number of hydrogen-bond donors (Lipinski definition) is 2. The zero-order valence-corrected chi connectivity index (χ0v) is 11.0. The average molecular weight is 248 g/mol. The van der Waals surface area contributed by atoms with Crippen molar-refractivity contribution in [3.8, 4) is 0 Å². The predicted octanol–water partition coefficient (Wildman–Crippen LogP) is 1.88. The van der Waals surface area contributed by atoms with E-state index in [1.54, 1.807) is 18.2 Å². The highest BCUT2D eigenvalue weighted by molar-refractivity contribution is 5.97. The molecule has 1 fully saturated rings. The summed E-state index contributed by atoms with van der Waals surface area (Å²) >= 11 is 0. The maximum absolute atomic E-state index is 12.3. The molecule has 0 saturated carbocycles. The van der Waals surface area contributed by atoms with Crippen molar-refractivity contribution < 1.29 is 9.53 Å². The molecule has 0 aliphatic carbocycles. The molecule has 0 aromatic heterocycles. The Hall–Kier alpha value is -1.55. The Morgan fingerprint density at radius 1 is 1.50 bits per heavy atom. The van der Waals surface area contributed by atoms with Crippen molar-refractivity contribution >= 4 is 11.6 Å². The van der Waals surface area contributed by atoms with Crippen LogP contribution in [0.15, 0.2) is 18.2 Å². The fourth-order valence-electron chi connectivity index (χ4n) is 2.27. The van der Waals surface area contributed by atoms with E-state index in [1.807, 2.05) is 13.8 Å². The molecule has 3 N–H and O–H groups in total. The van der Waals surface area contributed by atoms with Crippen LogP contribution < -0.4 is 11.1 Å². The summed E-state index contributed by atoms with van der Waals surface area (Å²) in [6.45, 7) is 5.23. The third-order valence-corrected chi connectivity index (χ3v) is 3.47. The van der Waals surface area contributed by atoms with E-state index in [-0.39, 0.29) is 11.4 Å². The standard InChI is InChI=1S/C14H20N2O2/c1-10-11(5-3-6-12(10)15)13(17)16-14(2)7-4-8-18-9-14/h3,5-6H,4,7-9,15H2,1-2H3,(H,16,17). The second kappa shape index (κ2) is 4.98. The Balaban J connectivity index is 2.14. The third-order valence-electron chi connectivity index (χ3n) is 3.47. The SMILES string of the molecule is Cc1c(N)cccc1C(=O)NC1(C)CCCOC1. The molecule has 98 valence electrons. The Bertz CT molecular complexity index is 451. The van der Waals surface area contributed by atoms with E-state index in [9.17, 15) is 4.79 Å². The largest absolute Gasteiger partial charge is 0.398 e. The minimum absolute atomic E-state index is 0.0761. The van der Waals surface area contributed by atoms with Gasteiger partial charge in [-0.2, -0.15) is 0 Å². The number of carbonyl (C=O) groups is 1. The number of carbonyl (C=O) groups excluding carboxylic acids is 1. The Kier molecular flexibility index (Phi) is 3.57. The van der Waals surface area contributed by atoms with Gasteiger partial charge in [-0.3, -0.25) is 4.79 Å². The quantitative estimate of drug-likeness (QED) is 0.785. The first kappa shape index (κ1) is 12.9. The molecule has 2 rings (SSSR count). The number of benzene rings is 1. The van der Waals surface area contributed by atoms with Gasteiger partial charge in [-0.25, -0.2) is 0 Å². The lowest BCUT2D eigenvalue weighted by atomic mass is 9.94. The molecule has 0 bridgehead atoms. The van der Waals surface area contributed by atoms with E-state index in [0.717, 1.165) is 25.0 Å². The van der Waals surface area contributed by atoms with Gasteiger partial charge in [-0.05, 0) is 44.4 Å². The molecule has 1 aliphatic rings. The van der Waals surface area contributed by atoms with Crippen LogP contribution >= 0.6 is 0 Å². The zero-order chi connectivity index (χ0) is 13.2. The van der Waals surface area contributed by atoms with Crippen LogP contribution in [0.25, 0.3) is 0 Å². The highest BCUT2D eigenvalue weighted by Gasteiger charge is 2.30. The van der Waals surface area contributed by atoms with E-state index in [4.69, 9.17) is 10.5 Å². The number of rotatable bonds is 2. The van der Waals surface area contributed by atoms with Gasteiger partial charge in [0, 0.05) is 17.9 Å². The number of anilines is 1. The fraction of sp³-hybridized carbons (Fsp3) is 0.500. The third kappa shape index (κ3) is 2.64. The van der Waals surface area contributed by atoms with Crippen LogP contribution in [-0.4, -0.2) is 24.7 Å². The molecular formula is C14H20N2O2. The van der Waals surface area contributed by atoms with Crippen molar-refractivity contribution in [1.29, 1.82) is 0 Å². The topological polar surface area (TPSA) is 64.4 Å². The number of ether oxygens (including phenoxy) is 1. The lowest BCUT2D eigenvalue weighted by Crippen LogP contribution is -2.51. The van der Waals surface area contributed by atoms with E-state index < -0.39 is 0 Å². The molecule has 1 heterocycles. The molecule has 0 spiro atoms. The molecule has 0 radical (unpaired) electrons. The van der Waals surface area contributed by atoms with E-state index >= 15 is 0 Å². The van der Waals surface area contributed by atoms with Crippen molar-refractivity contribution in [2.75, 3.05) is 18.9 Å². The Morgan fingerprint density at radius 3 is 2.94 bits per heavy atom. The van der Waals surface area contributed by atoms with Crippen molar-refractivity contribution in [2.45, 2.75) is 32.2 Å². The molecule has 1 amide bonds. The maximum Gasteiger partial charge on any atom is 0.252 e. The van der Waals surface area contributed by atoms with Gasteiger partial charge in [0.15, 0.2) is 0 Å². The van der Waals surface area contributed by atoms with E-state index in [2.05, 4.69) is 5.32 Å².